The molecule has 1 aromatic rings. The number of likely N-dealkylation sites (N-methyl/N-ethyl adjacent to an activating group) is 1. The van der Waals surface area contributed by atoms with E-state index in [1.165, 1.54) is 12.1 Å². The van der Waals surface area contributed by atoms with Crippen molar-refractivity contribution in [3.05, 3.63) is 38.9 Å². The molecular weight excluding hydrogens is 294 g/mol. The first-order valence-corrected chi connectivity index (χ1v) is 7.24. The fourth-order valence-corrected chi connectivity index (χ4v) is 2.28. The Balaban J connectivity index is 2.80. The molecule has 21 heavy (non-hydrogen) atoms. The van der Waals surface area contributed by atoms with Crippen LogP contribution < -0.4 is 5.32 Å². The largest absolute Gasteiger partial charge is 0.342 e. The van der Waals surface area contributed by atoms with E-state index in [0.717, 1.165) is 0 Å². The number of nitro groups is 1. The number of amides is 1. The third-order valence-electron chi connectivity index (χ3n) is 3.32. The quantitative estimate of drug-likeness (QED) is 0.620. The lowest BCUT2D eigenvalue weighted by molar-refractivity contribution is -0.385. The zero-order valence-corrected chi connectivity index (χ0v) is 13.2. The van der Waals surface area contributed by atoms with Crippen molar-refractivity contribution in [1.82, 2.24) is 10.2 Å². The van der Waals surface area contributed by atoms with Gasteiger partial charge in [0.1, 0.15) is 0 Å². The van der Waals surface area contributed by atoms with Crippen molar-refractivity contribution in [1.29, 1.82) is 0 Å². The Kier molecular flexibility index (Phi) is 6.58. The lowest BCUT2D eigenvalue weighted by atomic mass is 10.1. The first kappa shape index (κ1) is 17.4. The number of hydrogen-bond donors (Lipinski definition) is 1. The maximum Gasteiger partial charge on any atom is 0.275 e. The van der Waals surface area contributed by atoms with E-state index in [2.05, 4.69) is 5.32 Å². The summed E-state index contributed by atoms with van der Waals surface area (Å²) < 4.78 is 0. The van der Waals surface area contributed by atoms with Crippen molar-refractivity contribution in [3.63, 3.8) is 0 Å². The summed E-state index contributed by atoms with van der Waals surface area (Å²) in [6.07, 6.45) is 0. The zero-order chi connectivity index (χ0) is 16.0. The third-order valence-corrected chi connectivity index (χ3v) is 3.68. The molecule has 0 bridgehead atoms. The molecule has 1 unspecified atom stereocenters. The van der Waals surface area contributed by atoms with Crippen LogP contribution in [0.4, 0.5) is 5.69 Å². The van der Waals surface area contributed by atoms with Crippen molar-refractivity contribution in [2.24, 2.45) is 0 Å². The second-order valence-electron chi connectivity index (χ2n) is 4.61. The van der Waals surface area contributed by atoms with Crippen LogP contribution in [0.25, 0.3) is 0 Å². The van der Waals surface area contributed by atoms with Crippen molar-refractivity contribution >= 4 is 23.2 Å². The molecule has 0 radical (unpaired) electrons. The summed E-state index contributed by atoms with van der Waals surface area (Å²) in [6, 6.07) is 4.11. The fourth-order valence-electron chi connectivity index (χ4n) is 2.04. The molecule has 1 amide bonds. The van der Waals surface area contributed by atoms with Gasteiger partial charge in [0, 0.05) is 25.7 Å². The van der Waals surface area contributed by atoms with E-state index < -0.39 is 11.0 Å². The minimum Gasteiger partial charge on any atom is -0.342 e. The Morgan fingerprint density at radius 1 is 1.43 bits per heavy atom. The Hall–Kier alpha value is -1.66. The highest BCUT2D eigenvalue weighted by Gasteiger charge is 2.21. The minimum atomic E-state index is -0.472. The highest BCUT2D eigenvalue weighted by molar-refractivity contribution is 6.31. The highest BCUT2D eigenvalue weighted by Crippen LogP contribution is 2.26. The Morgan fingerprint density at radius 2 is 2.05 bits per heavy atom. The van der Waals surface area contributed by atoms with Gasteiger partial charge in [0.2, 0.25) is 5.91 Å². The molecule has 1 atom stereocenters. The number of nitrogens with one attached hydrogen (secondary N) is 1. The normalized spacial score (nSPS) is 12.0. The molecule has 0 aromatic heterocycles. The van der Waals surface area contributed by atoms with Crippen LogP contribution in [0.5, 0.6) is 0 Å². The van der Waals surface area contributed by atoms with Crippen LogP contribution in [-0.4, -0.2) is 34.9 Å². The first-order chi connectivity index (χ1) is 9.92. The van der Waals surface area contributed by atoms with Crippen LogP contribution in [0, 0.1) is 10.1 Å². The Morgan fingerprint density at radius 3 is 2.57 bits per heavy atom. The van der Waals surface area contributed by atoms with E-state index in [-0.39, 0.29) is 18.1 Å². The molecule has 1 rings (SSSR count). The van der Waals surface area contributed by atoms with Gasteiger partial charge in [-0.2, -0.15) is 0 Å². The topological polar surface area (TPSA) is 75.5 Å². The number of halogens is 1. The second kappa shape index (κ2) is 7.95. The highest BCUT2D eigenvalue weighted by atomic mass is 35.5. The van der Waals surface area contributed by atoms with Crippen molar-refractivity contribution in [2.75, 3.05) is 13.1 Å². The maximum atomic E-state index is 12.1. The van der Waals surface area contributed by atoms with Crippen molar-refractivity contribution in [3.8, 4) is 0 Å². The van der Waals surface area contributed by atoms with Crippen LogP contribution in [0.1, 0.15) is 26.3 Å². The summed E-state index contributed by atoms with van der Waals surface area (Å²) in [4.78, 5) is 24.4. The molecule has 7 heteroatoms. The number of hydrogen-bond acceptors (Lipinski definition) is 4. The standard InChI is InChI=1S/C14H20ClN3O3/c1-4-17(5-2)14(19)10(3)16-9-11-12(15)7-6-8-13(11)18(20)21/h6-8,10,16H,4-5,9H2,1-3H3. The Labute approximate surface area is 129 Å². The molecule has 116 valence electrons. The summed E-state index contributed by atoms with van der Waals surface area (Å²) in [5, 5.41) is 14.3. The zero-order valence-electron chi connectivity index (χ0n) is 12.4. The molecule has 0 heterocycles. The number of nitrogens with zero attached hydrogens (tertiary/aromatic N) is 2. The SMILES string of the molecule is CCN(CC)C(=O)C(C)NCc1c(Cl)cccc1[N+](=O)[O-]. The van der Waals surface area contributed by atoms with Gasteiger partial charge >= 0.3 is 0 Å². The van der Waals surface area contributed by atoms with Gasteiger partial charge in [-0.15, -0.1) is 0 Å². The van der Waals surface area contributed by atoms with E-state index in [0.29, 0.717) is 23.7 Å². The molecule has 1 aromatic carbocycles. The van der Waals surface area contributed by atoms with Gasteiger partial charge in [0.25, 0.3) is 5.69 Å². The summed E-state index contributed by atoms with van der Waals surface area (Å²) in [6.45, 7) is 6.99. The van der Waals surface area contributed by atoms with Gasteiger partial charge < -0.3 is 10.2 Å². The lowest BCUT2D eigenvalue weighted by Gasteiger charge is -2.23. The van der Waals surface area contributed by atoms with Gasteiger partial charge in [0.15, 0.2) is 0 Å². The van der Waals surface area contributed by atoms with Crippen LogP contribution in [0.3, 0.4) is 0 Å². The first-order valence-electron chi connectivity index (χ1n) is 6.86. The number of nitro benzene ring substituents is 1. The average molecular weight is 314 g/mol. The predicted molar refractivity (Wildman–Crippen MR) is 82.3 cm³/mol. The average Bonchev–Trinajstić information content (AvgIpc) is 2.46. The fraction of sp³-hybridized carbons (Fsp3) is 0.500. The summed E-state index contributed by atoms with van der Waals surface area (Å²) in [5.41, 5.74) is 0.348. The summed E-state index contributed by atoms with van der Waals surface area (Å²) in [7, 11) is 0. The van der Waals surface area contributed by atoms with Gasteiger partial charge in [0.05, 0.1) is 21.6 Å². The van der Waals surface area contributed by atoms with E-state index in [1.54, 1.807) is 17.9 Å². The molecular formula is C14H20ClN3O3. The maximum absolute atomic E-state index is 12.1. The molecule has 0 spiro atoms. The minimum absolute atomic E-state index is 0.0327. The van der Waals surface area contributed by atoms with E-state index >= 15 is 0 Å². The smallest absolute Gasteiger partial charge is 0.275 e. The molecule has 0 fully saturated rings. The van der Waals surface area contributed by atoms with Crippen LogP contribution >= 0.6 is 11.6 Å². The predicted octanol–water partition coefficient (Wildman–Crippen LogP) is 2.59. The number of benzene rings is 1. The summed E-state index contributed by atoms with van der Waals surface area (Å²) in [5.74, 6) is -0.0327. The van der Waals surface area contributed by atoms with E-state index in [9.17, 15) is 14.9 Å². The summed E-state index contributed by atoms with van der Waals surface area (Å²) >= 11 is 6.01. The molecule has 0 aliphatic carbocycles. The number of carbonyl (C=O) groups is 1. The van der Waals surface area contributed by atoms with Crippen LogP contribution in [0.2, 0.25) is 5.02 Å². The lowest BCUT2D eigenvalue weighted by Crippen LogP contribution is -2.44. The molecule has 1 N–H and O–H groups in total. The van der Waals surface area contributed by atoms with Crippen molar-refractivity contribution in [2.45, 2.75) is 33.4 Å². The van der Waals surface area contributed by atoms with Gasteiger partial charge in [-0.25, -0.2) is 0 Å². The van der Waals surface area contributed by atoms with Crippen LogP contribution in [-0.2, 0) is 11.3 Å². The monoisotopic (exact) mass is 313 g/mol. The number of rotatable bonds is 7. The van der Waals surface area contributed by atoms with Crippen LogP contribution in [0.15, 0.2) is 18.2 Å². The molecule has 0 saturated heterocycles. The van der Waals surface area contributed by atoms with Gasteiger partial charge in [-0.3, -0.25) is 14.9 Å². The van der Waals surface area contributed by atoms with Gasteiger partial charge in [-0.05, 0) is 26.8 Å². The van der Waals surface area contributed by atoms with E-state index in [4.69, 9.17) is 11.6 Å². The molecule has 6 nitrogen and oxygen atoms in total. The van der Waals surface area contributed by atoms with Gasteiger partial charge in [-0.1, -0.05) is 17.7 Å². The molecule has 0 saturated carbocycles. The second-order valence-corrected chi connectivity index (χ2v) is 5.01. The molecule has 0 aliphatic heterocycles. The Bertz CT molecular complexity index is 518. The van der Waals surface area contributed by atoms with Crippen molar-refractivity contribution < 1.29 is 9.72 Å². The molecule has 0 aliphatic rings. The third kappa shape index (κ3) is 4.41. The van der Waals surface area contributed by atoms with E-state index in [1.807, 2.05) is 13.8 Å². The number of carbonyl (C=O) groups excluding carboxylic acids is 1.